The van der Waals surface area contributed by atoms with Gasteiger partial charge < -0.3 is 0 Å². The van der Waals surface area contributed by atoms with Gasteiger partial charge in [-0.05, 0) is 0 Å². The van der Waals surface area contributed by atoms with Crippen LogP contribution in [0.5, 0.6) is 0 Å². The SMILES string of the molecule is N#C/C1=C(\C#N)SCCSCCSCCSCCS1. The van der Waals surface area contributed by atoms with Crippen molar-refractivity contribution in [2.45, 2.75) is 0 Å². The van der Waals surface area contributed by atoms with Crippen molar-refractivity contribution in [2.24, 2.45) is 0 Å². The summed E-state index contributed by atoms with van der Waals surface area (Å²) in [6.07, 6.45) is 0. The summed E-state index contributed by atoms with van der Waals surface area (Å²) in [7, 11) is 0. The summed E-state index contributed by atoms with van der Waals surface area (Å²) >= 11 is 8.95. The molecule has 0 atom stereocenters. The van der Waals surface area contributed by atoms with E-state index in [9.17, 15) is 0 Å². The van der Waals surface area contributed by atoms with Crippen molar-refractivity contribution >= 4 is 58.8 Å². The van der Waals surface area contributed by atoms with Crippen molar-refractivity contribution in [1.29, 1.82) is 10.5 Å². The van der Waals surface area contributed by atoms with Crippen LogP contribution in [0, 0.1) is 22.7 Å². The molecule has 0 saturated carbocycles. The first-order valence-corrected chi connectivity index (χ1v) is 11.4. The fraction of sp³-hybridized carbons (Fsp3) is 0.667. The molecule has 2 nitrogen and oxygen atoms in total. The van der Waals surface area contributed by atoms with Crippen LogP contribution >= 0.6 is 58.8 Å². The molecule has 0 aromatic carbocycles. The summed E-state index contributed by atoms with van der Waals surface area (Å²) < 4.78 is 0. The van der Waals surface area contributed by atoms with Gasteiger partial charge in [0.25, 0.3) is 0 Å². The van der Waals surface area contributed by atoms with Crippen LogP contribution < -0.4 is 0 Å². The Morgan fingerprint density at radius 1 is 0.579 bits per heavy atom. The standard InChI is InChI=1S/C12H16N2S5/c13-9-11-12(10-14)19-8-6-17-4-2-15-1-3-16-5-7-18-11/h1-8H2/b12-11-. The van der Waals surface area contributed by atoms with Crippen molar-refractivity contribution in [2.75, 3.05) is 46.0 Å². The van der Waals surface area contributed by atoms with Gasteiger partial charge in [-0.2, -0.15) is 45.8 Å². The molecule has 0 bridgehead atoms. The minimum Gasteiger partial charge on any atom is -0.192 e. The largest absolute Gasteiger partial charge is 0.192 e. The van der Waals surface area contributed by atoms with Gasteiger partial charge in [0.05, 0.1) is 0 Å². The maximum Gasteiger partial charge on any atom is 0.109 e. The maximum absolute atomic E-state index is 9.13. The Balaban J connectivity index is 2.53. The van der Waals surface area contributed by atoms with Gasteiger partial charge in [0.1, 0.15) is 21.9 Å². The normalized spacial score (nSPS) is 24.5. The Morgan fingerprint density at radius 3 is 1.21 bits per heavy atom. The molecular weight excluding hydrogens is 332 g/mol. The summed E-state index contributed by atoms with van der Waals surface area (Å²) in [5.74, 6) is 8.73. The number of rotatable bonds is 0. The molecular formula is C12H16N2S5. The molecule has 0 aromatic heterocycles. The van der Waals surface area contributed by atoms with Crippen LogP contribution in [0.15, 0.2) is 9.81 Å². The molecule has 1 aliphatic rings. The number of hydrogen-bond donors (Lipinski definition) is 0. The van der Waals surface area contributed by atoms with Gasteiger partial charge in [-0.15, -0.1) is 23.5 Å². The molecule has 0 fully saturated rings. The lowest BCUT2D eigenvalue weighted by atomic mass is 10.5. The summed E-state index contributed by atoms with van der Waals surface area (Å²) in [4.78, 5) is 1.20. The number of allylic oxidation sites excluding steroid dienone is 2. The smallest absolute Gasteiger partial charge is 0.109 e. The molecule has 0 aromatic rings. The monoisotopic (exact) mass is 348 g/mol. The van der Waals surface area contributed by atoms with Gasteiger partial charge in [-0.25, -0.2) is 0 Å². The van der Waals surface area contributed by atoms with E-state index in [0.717, 1.165) is 23.0 Å². The fourth-order valence-electron chi connectivity index (χ4n) is 1.24. The summed E-state index contributed by atoms with van der Waals surface area (Å²) in [5, 5.41) is 18.3. The highest BCUT2D eigenvalue weighted by Gasteiger charge is 2.08. The van der Waals surface area contributed by atoms with Crippen molar-refractivity contribution in [3.63, 3.8) is 0 Å². The van der Waals surface area contributed by atoms with Gasteiger partial charge >= 0.3 is 0 Å². The topological polar surface area (TPSA) is 47.6 Å². The molecule has 0 aliphatic carbocycles. The van der Waals surface area contributed by atoms with Crippen LogP contribution in [0.3, 0.4) is 0 Å². The highest BCUT2D eigenvalue weighted by molar-refractivity contribution is 8.09. The lowest BCUT2D eigenvalue weighted by Gasteiger charge is -2.03. The molecule has 0 amide bonds. The first-order chi connectivity index (χ1) is 9.38. The highest BCUT2D eigenvalue weighted by Crippen LogP contribution is 2.28. The minimum atomic E-state index is 0.599. The van der Waals surface area contributed by atoms with Crippen molar-refractivity contribution in [3.8, 4) is 12.1 Å². The molecule has 1 rings (SSSR count). The predicted octanol–water partition coefficient (Wildman–Crippen LogP) is 3.92. The number of thioether (sulfide) groups is 5. The third kappa shape index (κ3) is 8.37. The first-order valence-electron chi connectivity index (χ1n) is 5.91. The second-order valence-corrected chi connectivity index (χ2v) is 9.30. The number of nitriles is 2. The number of hydrogen-bond acceptors (Lipinski definition) is 7. The van der Waals surface area contributed by atoms with Crippen molar-refractivity contribution < 1.29 is 0 Å². The average Bonchev–Trinajstić information content (AvgIpc) is 2.45. The molecule has 104 valence electrons. The van der Waals surface area contributed by atoms with Crippen molar-refractivity contribution in [1.82, 2.24) is 0 Å². The van der Waals surface area contributed by atoms with Crippen LogP contribution in [0.25, 0.3) is 0 Å². The predicted molar refractivity (Wildman–Crippen MR) is 95.1 cm³/mol. The van der Waals surface area contributed by atoms with Gasteiger partial charge in [0.2, 0.25) is 0 Å². The Hall–Kier alpha value is 0.470. The van der Waals surface area contributed by atoms with Crippen LogP contribution in [0.2, 0.25) is 0 Å². The average molecular weight is 349 g/mol. The zero-order valence-electron chi connectivity index (χ0n) is 10.6. The quantitative estimate of drug-likeness (QED) is 0.657. The molecule has 7 heteroatoms. The molecule has 0 N–H and O–H groups in total. The molecule has 1 aliphatic heterocycles. The Labute approximate surface area is 136 Å². The molecule has 1 heterocycles. The van der Waals surface area contributed by atoms with Crippen LogP contribution in [-0.2, 0) is 0 Å². The summed E-state index contributed by atoms with van der Waals surface area (Å²) in [6, 6.07) is 4.35. The van der Waals surface area contributed by atoms with E-state index in [-0.39, 0.29) is 0 Å². The zero-order valence-corrected chi connectivity index (χ0v) is 14.7. The highest BCUT2D eigenvalue weighted by atomic mass is 32.2. The third-order valence-corrected chi connectivity index (χ3v) is 8.21. The molecule has 0 radical (unpaired) electrons. The van der Waals surface area contributed by atoms with Gasteiger partial charge in [0.15, 0.2) is 0 Å². The van der Waals surface area contributed by atoms with E-state index < -0.39 is 0 Å². The maximum atomic E-state index is 9.13. The van der Waals surface area contributed by atoms with E-state index >= 15 is 0 Å². The molecule has 0 spiro atoms. The lowest BCUT2D eigenvalue weighted by Crippen LogP contribution is -1.93. The third-order valence-electron chi connectivity index (χ3n) is 2.10. The zero-order chi connectivity index (χ0) is 13.8. The summed E-state index contributed by atoms with van der Waals surface area (Å²) in [5.41, 5.74) is 0. The van der Waals surface area contributed by atoms with E-state index in [4.69, 9.17) is 10.5 Å². The Kier molecular flexibility index (Phi) is 11.3. The van der Waals surface area contributed by atoms with E-state index in [1.54, 1.807) is 0 Å². The lowest BCUT2D eigenvalue weighted by molar-refractivity contribution is 1.45. The molecule has 19 heavy (non-hydrogen) atoms. The van der Waals surface area contributed by atoms with E-state index in [1.165, 1.54) is 46.5 Å². The van der Waals surface area contributed by atoms with Gasteiger partial charge in [0, 0.05) is 46.0 Å². The first kappa shape index (κ1) is 17.5. The van der Waals surface area contributed by atoms with Gasteiger partial charge in [-0.1, -0.05) is 0 Å². The van der Waals surface area contributed by atoms with E-state index in [1.807, 2.05) is 35.3 Å². The number of nitrogens with zero attached hydrogens (tertiary/aromatic N) is 2. The molecule has 0 saturated heterocycles. The fourth-order valence-corrected chi connectivity index (χ4v) is 6.60. The Morgan fingerprint density at radius 2 is 0.895 bits per heavy atom. The minimum absolute atomic E-state index is 0.599. The van der Waals surface area contributed by atoms with Crippen LogP contribution in [-0.4, -0.2) is 46.0 Å². The van der Waals surface area contributed by atoms with E-state index in [0.29, 0.717) is 9.81 Å². The second kappa shape index (κ2) is 12.2. The van der Waals surface area contributed by atoms with E-state index in [2.05, 4.69) is 12.1 Å². The van der Waals surface area contributed by atoms with Crippen LogP contribution in [0.1, 0.15) is 0 Å². The van der Waals surface area contributed by atoms with Crippen molar-refractivity contribution in [3.05, 3.63) is 9.81 Å². The summed E-state index contributed by atoms with van der Waals surface area (Å²) in [6.45, 7) is 0. The second-order valence-electron chi connectivity index (χ2n) is 3.42. The Bertz CT molecular complexity index is 335. The van der Waals surface area contributed by atoms with Crippen LogP contribution in [0.4, 0.5) is 0 Å². The molecule has 0 unspecified atom stereocenters. The van der Waals surface area contributed by atoms with Gasteiger partial charge in [-0.3, -0.25) is 0 Å².